The number of aryl methyl sites for hydroxylation is 1. The molecule has 0 bridgehead atoms. The lowest BCUT2D eigenvalue weighted by atomic mass is 10.3. The summed E-state index contributed by atoms with van der Waals surface area (Å²) in [7, 11) is 1.65. The second kappa shape index (κ2) is 10.4. The second-order valence-corrected chi connectivity index (χ2v) is 7.30. The van der Waals surface area contributed by atoms with Crippen LogP contribution >= 0.6 is 0 Å². The molecule has 0 atom stereocenters. The minimum atomic E-state index is -0.211. The van der Waals surface area contributed by atoms with Gasteiger partial charge in [0.05, 0.1) is 31.3 Å². The zero-order chi connectivity index (χ0) is 22.2. The highest BCUT2D eigenvalue weighted by Crippen LogP contribution is 2.19. The molecule has 2 aromatic heterocycles. The van der Waals surface area contributed by atoms with E-state index in [4.69, 9.17) is 14.5 Å². The summed E-state index contributed by atoms with van der Waals surface area (Å²) in [5.74, 6) is 2.26. The number of para-hydroxylation sites is 2. The molecule has 1 N–H and O–H groups in total. The Morgan fingerprint density at radius 1 is 0.969 bits per heavy atom. The minimum Gasteiger partial charge on any atom is -0.497 e. The Kier molecular flexibility index (Phi) is 6.97. The van der Waals surface area contributed by atoms with E-state index in [1.54, 1.807) is 31.5 Å². The molecule has 1 amide bonds. The van der Waals surface area contributed by atoms with Crippen molar-refractivity contribution in [3.8, 4) is 11.5 Å². The third-order valence-corrected chi connectivity index (χ3v) is 5.14. The van der Waals surface area contributed by atoms with Gasteiger partial charge in [-0.3, -0.25) is 9.78 Å². The largest absolute Gasteiger partial charge is 0.497 e. The van der Waals surface area contributed by atoms with Crippen molar-refractivity contribution in [2.45, 2.75) is 25.9 Å². The number of pyridine rings is 1. The normalized spacial score (nSPS) is 10.8. The molecule has 0 aliphatic carbocycles. The van der Waals surface area contributed by atoms with Crippen LogP contribution < -0.4 is 14.8 Å². The van der Waals surface area contributed by atoms with Gasteiger partial charge < -0.3 is 19.4 Å². The van der Waals surface area contributed by atoms with Gasteiger partial charge in [-0.05, 0) is 61.4 Å². The number of imidazole rings is 1. The molecule has 0 aliphatic rings. The van der Waals surface area contributed by atoms with Crippen LogP contribution in [0.3, 0.4) is 0 Å². The van der Waals surface area contributed by atoms with Gasteiger partial charge in [0.1, 0.15) is 23.0 Å². The first-order chi connectivity index (χ1) is 15.7. The number of hydrogen-bond donors (Lipinski definition) is 1. The summed E-state index contributed by atoms with van der Waals surface area (Å²) in [6, 6.07) is 20.9. The molecule has 2 heterocycles. The highest BCUT2D eigenvalue weighted by Gasteiger charge is 2.12. The standard InChI is InChI=1S/C25H26N4O3/c1-31-19-11-13-20(14-12-19)32-17-7-6-16-29-23-10-3-2-8-21(23)28-24(29)18-27-25(30)22-9-4-5-15-26-22/h2-5,8-15H,6-7,16-18H2,1H3,(H,27,30). The van der Waals surface area contributed by atoms with Gasteiger partial charge in [-0.25, -0.2) is 4.98 Å². The molecule has 0 fully saturated rings. The van der Waals surface area contributed by atoms with Gasteiger partial charge in [0.15, 0.2) is 0 Å². The first-order valence-corrected chi connectivity index (χ1v) is 10.6. The molecule has 0 unspecified atom stereocenters. The number of unbranched alkanes of at least 4 members (excludes halogenated alkanes) is 1. The van der Waals surface area contributed by atoms with Crippen LogP contribution in [-0.2, 0) is 13.1 Å². The Morgan fingerprint density at radius 2 is 1.75 bits per heavy atom. The number of ether oxygens (including phenoxy) is 2. The SMILES string of the molecule is COc1ccc(OCCCCn2c(CNC(=O)c3ccccn3)nc3ccccc32)cc1. The Morgan fingerprint density at radius 3 is 2.53 bits per heavy atom. The molecule has 4 rings (SSSR count). The molecule has 2 aromatic carbocycles. The number of carbonyl (C=O) groups excluding carboxylic acids is 1. The summed E-state index contributed by atoms with van der Waals surface area (Å²) < 4.78 is 13.2. The van der Waals surface area contributed by atoms with Crippen molar-refractivity contribution in [2.24, 2.45) is 0 Å². The highest BCUT2D eigenvalue weighted by molar-refractivity contribution is 5.92. The van der Waals surface area contributed by atoms with Crippen molar-refractivity contribution in [1.82, 2.24) is 19.9 Å². The number of amides is 1. The van der Waals surface area contributed by atoms with Gasteiger partial charge in [0, 0.05) is 12.7 Å². The van der Waals surface area contributed by atoms with Crippen LogP contribution in [0, 0.1) is 0 Å². The molecule has 7 heteroatoms. The summed E-state index contributed by atoms with van der Waals surface area (Å²) in [5.41, 5.74) is 2.38. The number of carbonyl (C=O) groups is 1. The fraction of sp³-hybridized carbons (Fsp3) is 0.240. The molecule has 32 heavy (non-hydrogen) atoms. The van der Waals surface area contributed by atoms with E-state index in [-0.39, 0.29) is 5.91 Å². The van der Waals surface area contributed by atoms with Crippen LogP contribution in [0.2, 0.25) is 0 Å². The predicted octanol–water partition coefficient (Wildman–Crippen LogP) is 4.23. The fourth-order valence-electron chi connectivity index (χ4n) is 3.49. The average molecular weight is 431 g/mol. The minimum absolute atomic E-state index is 0.211. The maximum atomic E-state index is 12.4. The summed E-state index contributed by atoms with van der Waals surface area (Å²) >= 11 is 0. The molecule has 0 radical (unpaired) electrons. The van der Waals surface area contributed by atoms with Crippen molar-refractivity contribution in [3.63, 3.8) is 0 Å². The molecular formula is C25H26N4O3. The molecule has 7 nitrogen and oxygen atoms in total. The number of benzene rings is 2. The van der Waals surface area contributed by atoms with E-state index in [1.165, 1.54) is 0 Å². The average Bonchev–Trinajstić information content (AvgIpc) is 3.20. The highest BCUT2D eigenvalue weighted by atomic mass is 16.5. The summed E-state index contributed by atoms with van der Waals surface area (Å²) in [6.45, 7) is 1.76. The lowest BCUT2D eigenvalue weighted by Gasteiger charge is -2.11. The maximum Gasteiger partial charge on any atom is 0.270 e. The monoisotopic (exact) mass is 430 g/mol. The van der Waals surface area contributed by atoms with Gasteiger partial charge in [-0.1, -0.05) is 18.2 Å². The molecule has 164 valence electrons. The predicted molar refractivity (Wildman–Crippen MR) is 123 cm³/mol. The second-order valence-electron chi connectivity index (χ2n) is 7.30. The Hall–Kier alpha value is -3.87. The van der Waals surface area contributed by atoms with E-state index in [0.29, 0.717) is 18.8 Å². The van der Waals surface area contributed by atoms with Crippen LogP contribution in [0.15, 0.2) is 72.9 Å². The lowest BCUT2D eigenvalue weighted by molar-refractivity contribution is 0.0944. The molecule has 0 aliphatic heterocycles. The van der Waals surface area contributed by atoms with Crippen LogP contribution in [0.1, 0.15) is 29.2 Å². The van der Waals surface area contributed by atoms with E-state index < -0.39 is 0 Å². The molecule has 0 saturated carbocycles. The van der Waals surface area contributed by atoms with E-state index in [2.05, 4.69) is 20.9 Å². The summed E-state index contributed by atoms with van der Waals surface area (Å²) in [4.78, 5) is 21.2. The van der Waals surface area contributed by atoms with Crippen molar-refractivity contribution >= 4 is 16.9 Å². The third kappa shape index (κ3) is 5.24. The fourth-order valence-corrected chi connectivity index (χ4v) is 3.49. The molecule has 0 saturated heterocycles. The first kappa shape index (κ1) is 21.4. The van der Waals surface area contributed by atoms with Crippen LogP contribution in [0.25, 0.3) is 11.0 Å². The summed E-state index contributed by atoms with van der Waals surface area (Å²) in [6.07, 6.45) is 3.44. The van der Waals surface area contributed by atoms with E-state index >= 15 is 0 Å². The van der Waals surface area contributed by atoms with Crippen LogP contribution in [0.5, 0.6) is 11.5 Å². The Balaban J connectivity index is 1.35. The molecular weight excluding hydrogens is 404 g/mol. The van der Waals surface area contributed by atoms with Crippen LogP contribution in [0.4, 0.5) is 0 Å². The Labute approximate surface area is 187 Å². The lowest BCUT2D eigenvalue weighted by Crippen LogP contribution is -2.25. The van der Waals surface area contributed by atoms with Gasteiger partial charge in [0.2, 0.25) is 0 Å². The van der Waals surface area contributed by atoms with Gasteiger partial charge in [-0.15, -0.1) is 0 Å². The number of nitrogens with one attached hydrogen (secondary N) is 1. The smallest absolute Gasteiger partial charge is 0.270 e. The zero-order valence-corrected chi connectivity index (χ0v) is 18.0. The van der Waals surface area contributed by atoms with E-state index in [0.717, 1.165) is 47.7 Å². The van der Waals surface area contributed by atoms with E-state index in [9.17, 15) is 4.79 Å². The molecule has 4 aromatic rings. The number of nitrogens with zero attached hydrogens (tertiary/aromatic N) is 3. The van der Waals surface area contributed by atoms with Crippen molar-refractivity contribution in [3.05, 3.63) is 84.4 Å². The number of hydrogen-bond acceptors (Lipinski definition) is 5. The van der Waals surface area contributed by atoms with Crippen molar-refractivity contribution in [1.29, 1.82) is 0 Å². The number of rotatable bonds is 10. The zero-order valence-electron chi connectivity index (χ0n) is 18.0. The Bertz CT molecular complexity index is 1160. The van der Waals surface area contributed by atoms with Gasteiger partial charge in [-0.2, -0.15) is 0 Å². The third-order valence-electron chi connectivity index (χ3n) is 5.14. The number of fused-ring (bicyclic) bond motifs is 1. The van der Waals surface area contributed by atoms with Gasteiger partial charge >= 0.3 is 0 Å². The quantitative estimate of drug-likeness (QED) is 0.381. The van der Waals surface area contributed by atoms with Crippen molar-refractivity contribution < 1.29 is 14.3 Å². The van der Waals surface area contributed by atoms with E-state index in [1.807, 2.05) is 42.5 Å². The first-order valence-electron chi connectivity index (χ1n) is 10.6. The van der Waals surface area contributed by atoms with Crippen LogP contribution in [-0.4, -0.2) is 34.2 Å². The number of methoxy groups -OCH3 is 1. The van der Waals surface area contributed by atoms with Crippen molar-refractivity contribution in [2.75, 3.05) is 13.7 Å². The topological polar surface area (TPSA) is 78.3 Å². The summed E-state index contributed by atoms with van der Waals surface area (Å²) in [5, 5.41) is 2.93. The van der Waals surface area contributed by atoms with Gasteiger partial charge in [0.25, 0.3) is 5.91 Å². The number of aromatic nitrogens is 3. The maximum absolute atomic E-state index is 12.4. The molecule has 0 spiro atoms.